The number of aromatic nitrogens is 1. The Labute approximate surface area is 156 Å². The molecule has 0 radical (unpaired) electrons. The summed E-state index contributed by atoms with van der Waals surface area (Å²) >= 11 is 7.95. The lowest BCUT2D eigenvalue weighted by molar-refractivity contribution is -0.132. The zero-order chi connectivity index (χ0) is 17.2. The normalized spacial score (nSPS) is 19.6. The van der Waals surface area contributed by atoms with Crippen LogP contribution < -0.4 is 4.90 Å². The highest BCUT2D eigenvalue weighted by Gasteiger charge is 2.26. The highest BCUT2D eigenvalue weighted by atomic mass is 35.5. The number of piperidine rings is 1. The molecule has 1 aromatic heterocycles. The van der Waals surface area contributed by atoms with Gasteiger partial charge in [0.25, 0.3) is 6.01 Å². The topological polar surface area (TPSA) is 49.6 Å². The second-order valence-electron chi connectivity index (χ2n) is 6.74. The zero-order valence-corrected chi connectivity index (χ0v) is 15.7. The van der Waals surface area contributed by atoms with Gasteiger partial charge in [0, 0.05) is 49.1 Å². The summed E-state index contributed by atoms with van der Waals surface area (Å²) < 4.78 is 5.85. The van der Waals surface area contributed by atoms with Crippen LogP contribution in [-0.2, 0) is 4.79 Å². The first kappa shape index (κ1) is 17.0. The lowest BCUT2D eigenvalue weighted by atomic mass is 9.93. The number of hydrogen-bond acceptors (Lipinski definition) is 5. The van der Waals surface area contributed by atoms with E-state index in [1.165, 1.54) is 0 Å². The average molecular weight is 380 g/mol. The molecule has 5 nitrogen and oxygen atoms in total. The van der Waals surface area contributed by atoms with Crippen LogP contribution in [0.25, 0.3) is 11.1 Å². The first-order valence-electron chi connectivity index (χ1n) is 8.85. The van der Waals surface area contributed by atoms with E-state index >= 15 is 0 Å². The Morgan fingerprint density at radius 1 is 1.24 bits per heavy atom. The van der Waals surface area contributed by atoms with Gasteiger partial charge in [-0.25, -0.2) is 0 Å². The number of carbonyl (C=O) groups excluding carboxylic acids is 1. The molecular formula is C18H22ClN3O2S. The largest absolute Gasteiger partial charge is 0.423 e. The Morgan fingerprint density at radius 2 is 2.00 bits per heavy atom. The summed E-state index contributed by atoms with van der Waals surface area (Å²) in [6.45, 7) is 3.59. The summed E-state index contributed by atoms with van der Waals surface area (Å²) in [6, 6.07) is 6.16. The van der Waals surface area contributed by atoms with Crippen molar-refractivity contribution in [2.75, 3.05) is 42.6 Å². The van der Waals surface area contributed by atoms with Gasteiger partial charge in [-0.1, -0.05) is 11.6 Å². The van der Waals surface area contributed by atoms with E-state index in [1.807, 2.05) is 34.9 Å². The predicted octanol–water partition coefficient (Wildman–Crippen LogP) is 3.66. The van der Waals surface area contributed by atoms with Crippen LogP contribution in [0.3, 0.4) is 0 Å². The number of oxazole rings is 1. The zero-order valence-electron chi connectivity index (χ0n) is 14.1. The number of hydrogen-bond donors (Lipinski definition) is 0. The number of amides is 1. The molecule has 2 aromatic rings. The standard InChI is InChI=1S/C18H22ClN3O2S/c19-14-1-2-16-15(12-14)20-18(24-16)22-5-3-13(4-6-22)11-17(23)21-7-9-25-10-8-21/h1-2,12-13H,3-11H2. The number of fused-ring (bicyclic) bond motifs is 1. The maximum absolute atomic E-state index is 12.4. The van der Waals surface area contributed by atoms with Crippen LogP contribution in [0.5, 0.6) is 0 Å². The lowest BCUT2D eigenvalue weighted by Crippen LogP contribution is -2.40. The van der Waals surface area contributed by atoms with Gasteiger partial charge in [0.15, 0.2) is 5.58 Å². The minimum Gasteiger partial charge on any atom is -0.423 e. The van der Waals surface area contributed by atoms with Crippen LogP contribution in [-0.4, -0.2) is 53.5 Å². The van der Waals surface area contributed by atoms with Crippen molar-refractivity contribution in [2.45, 2.75) is 19.3 Å². The second-order valence-corrected chi connectivity index (χ2v) is 8.40. The molecule has 2 fully saturated rings. The molecule has 0 N–H and O–H groups in total. The minimum atomic E-state index is 0.329. The Kier molecular flexibility index (Phi) is 5.08. The third kappa shape index (κ3) is 3.90. The number of nitrogens with zero attached hydrogens (tertiary/aromatic N) is 3. The first-order chi connectivity index (χ1) is 12.2. The smallest absolute Gasteiger partial charge is 0.298 e. The van der Waals surface area contributed by atoms with E-state index in [0.717, 1.165) is 61.6 Å². The van der Waals surface area contributed by atoms with E-state index in [4.69, 9.17) is 16.0 Å². The van der Waals surface area contributed by atoms with Crippen LogP contribution in [0.1, 0.15) is 19.3 Å². The second kappa shape index (κ2) is 7.46. The molecule has 4 rings (SSSR count). The minimum absolute atomic E-state index is 0.329. The fourth-order valence-electron chi connectivity index (χ4n) is 3.54. The van der Waals surface area contributed by atoms with Crippen LogP contribution in [0.2, 0.25) is 5.02 Å². The van der Waals surface area contributed by atoms with Crippen molar-refractivity contribution < 1.29 is 9.21 Å². The number of benzene rings is 1. The summed E-state index contributed by atoms with van der Waals surface area (Å²) in [7, 11) is 0. The van der Waals surface area contributed by atoms with E-state index in [0.29, 0.717) is 29.3 Å². The molecule has 2 aliphatic rings. The fraction of sp³-hybridized carbons (Fsp3) is 0.556. The third-order valence-corrected chi connectivity index (χ3v) is 6.23. The van der Waals surface area contributed by atoms with Gasteiger partial charge in [0.1, 0.15) is 5.52 Å². The van der Waals surface area contributed by atoms with Crippen molar-refractivity contribution >= 4 is 46.4 Å². The maximum atomic E-state index is 12.4. The number of halogens is 1. The quantitative estimate of drug-likeness (QED) is 0.814. The molecule has 2 saturated heterocycles. The van der Waals surface area contributed by atoms with Gasteiger partial charge in [0.05, 0.1) is 0 Å². The van der Waals surface area contributed by atoms with E-state index in [9.17, 15) is 4.79 Å². The molecule has 0 spiro atoms. The number of rotatable bonds is 3. The highest BCUT2D eigenvalue weighted by Crippen LogP contribution is 2.29. The van der Waals surface area contributed by atoms with Crippen molar-refractivity contribution in [2.24, 2.45) is 5.92 Å². The predicted molar refractivity (Wildman–Crippen MR) is 102 cm³/mol. The number of anilines is 1. The van der Waals surface area contributed by atoms with Gasteiger partial charge in [-0.3, -0.25) is 4.79 Å². The molecule has 1 amide bonds. The molecule has 1 aromatic carbocycles. The molecular weight excluding hydrogens is 358 g/mol. The van der Waals surface area contributed by atoms with E-state index in [-0.39, 0.29) is 0 Å². The van der Waals surface area contributed by atoms with Crippen LogP contribution in [0.15, 0.2) is 22.6 Å². The van der Waals surface area contributed by atoms with E-state index in [2.05, 4.69) is 9.88 Å². The van der Waals surface area contributed by atoms with Gasteiger partial charge in [0.2, 0.25) is 5.91 Å². The monoisotopic (exact) mass is 379 g/mol. The van der Waals surface area contributed by atoms with Crippen molar-refractivity contribution in [1.29, 1.82) is 0 Å². The molecule has 0 bridgehead atoms. The molecule has 0 unspecified atom stereocenters. The summed E-state index contributed by atoms with van der Waals surface area (Å²) in [5, 5.41) is 0.667. The molecule has 3 heterocycles. The van der Waals surface area contributed by atoms with Gasteiger partial charge in [-0.2, -0.15) is 16.7 Å². The Hall–Kier alpha value is -1.40. The van der Waals surface area contributed by atoms with Crippen LogP contribution in [0.4, 0.5) is 6.01 Å². The maximum Gasteiger partial charge on any atom is 0.298 e. The molecule has 0 saturated carbocycles. The number of thioether (sulfide) groups is 1. The van der Waals surface area contributed by atoms with E-state index < -0.39 is 0 Å². The van der Waals surface area contributed by atoms with Gasteiger partial charge in [-0.05, 0) is 37.0 Å². The average Bonchev–Trinajstić information content (AvgIpc) is 3.06. The first-order valence-corrected chi connectivity index (χ1v) is 10.4. The molecule has 7 heteroatoms. The summed E-state index contributed by atoms with van der Waals surface area (Å²) in [5.41, 5.74) is 1.56. The molecule has 25 heavy (non-hydrogen) atoms. The summed E-state index contributed by atoms with van der Waals surface area (Å²) in [6.07, 6.45) is 2.70. The summed E-state index contributed by atoms with van der Waals surface area (Å²) in [4.78, 5) is 21.2. The van der Waals surface area contributed by atoms with Crippen molar-refractivity contribution in [3.05, 3.63) is 23.2 Å². The Bertz CT molecular complexity index is 752. The van der Waals surface area contributed by atoms with Crippen molar-refractivity contribution in [1.82, 2.24) is 9.88 Å². The third-order valence-electron chi connectivity index (χ3n) is 5.05. The van der Waals surface area contributed by atoms with Gasteiger partial charge >= 0.3 is 0 Å². The fourth-order valence-corrected chi connectivity index (χ4v) is 4.61. The SMILES string of the molecule is O=C(CC1CCN(c2nc3cc(Cl)ccc3o2)CC1)N1CCSCC1. The lowest BCUT2D eigenvalue weighted by Gasteiger charge is -2.32. The van der Waals surface area contributed by atoms with Crippen LogP contribution >= 0.6 is 23.4 Å². The highest BCUT2D eigenvalue weighted by molar-refractivity contribution is 7.99. The molecule has 0 atom stereocenters. The van der Waals surface area contributed by atoms with Crippen molar-refractivity contribution in [3.63, 3.8) is 0 Å². The van der Waals surface area contributed by atoms with Gasteiger partial charge < -0.3 is 14.2 Å². The molecule has 2 aliphatic heterocycles. The Morgan fingerprint density at radius 3 is 2.76 bits per heavy atom. The summed E-state index contributed by atoms with van der Waals surface area (Å²) in [5.74, 6) is 2.95. The molecule has 134 valence electrons. The molecule has 0 aliphatic carbocycles. The van der Waals surface area contributed by atoms with Crippen molar-refractivity contribution in [3.8, 4) is 0 Å². The Balaban J connectivity index is 1.33. The van der Waals surface area contributed by atoms with Crippen LogP contribution in [0, 0.1) is 5.92 Å². The van der Waals surface area contributed by atoms with Gasteiger partial charge in [-0.15, -0.1) is 0 Å². The number of carbonyl (C=O) groups is 1. The van der Waals surface area contributed by atoms with E-state index in [1.54, 1.807) is 0 Å².